The Morgan fingerprint density at radius 2 is 2.25 bits per heavy atom. The Kier molecular flexibility index (Phi) is 5.09. The number of benzene rings is 1. The Hall–Kier alpha value is -1.02. The van der Waals surface area contributed by atoms with Gasteiger partial charge in [-0.05, 0) is 40.8 Å². The molecular formula is C14H14FIN2OS. The second-order valence-electron chi connectivity index (χ2n) is 4.64. The molecule has 0 saturated carbocycles. The van der Waals surface area contributed by atoms with Crippen LogP contribution in [0, 0.1) is 9.39 Å². The molecule has 0 aliphatic heterocycles. The summed E-state index contributed by atoms with van der Waals surface area (Å²) in [6, 6.07) is 4.12. The van der Waals surface area contributed by atoms with E-state index in [0.29, 0.717) is 21.6 Å². The van der Waals surface area contributed by atoms with Crippen LogP contribution in [0.15, 0.2) is 23.6 Å². The highest BCUT2D eigenvalue weighted by Crippen LogP contribution is 2.19. The molecule has 0 saturated heterocycles. The smallest absolute Gasteiger partial charge is 0.252 e. The maximum Gasteiger partial charge on any atom is 0.252 e. The molecule has 2 aromatic rings. The third-order valence-corrected chi connectivity index (χ3v) is 4.76. The van der Waals surface area contributed by atoms with E-state index in [1.165, 1.54) is 18.2 Å². The third-order valence-electron chi connectivity index (χ3n) is 2.67. The molecule has 0 bridgehead atoms. The molecule has 106 valence electrons. The van der Waals surface area contributed by atoms with E-state index in [1.54, 1.807) is 11.3 Å². The van der Waals surface area contributed by atoms with Crippen molar-refractivity contribution in [3.05, 3.63) is 49.2 Å². The minimum Gasteiger partial charge on any atom is -0.346 e. The Bertz CT molecular complexity index is 627. The third kappa shape index (κ3) is 3.76. The molecule has 1 N–H and O–H groups in total. The lowest BCUT2D eigenvalue weighted by molar-refractivity contribution is 0.0949. The van der Waals surface area contributed by atoms with E-state index in [9.17, 15) is 9.18 Å². The number of thiazole rings is 1. The predicted molar refractivity (Wildman–Crippen MR) is 86.5 cm³/mol. The Morgan fingerprint density at radius 3 is 2.85 bits per heavy atom. The molecular weight excluding hydrogens is 390 g/mol. The fraction of sp³-hybridized carbons (Fsp3) is 0.286. The predicted octanol–water partition coefficient (Wildman–Crippen LogP) is 3.94. The van der Waals surface area contributed by atoms with E-state index in [1.807, 2.05) is 28.0 Å². The molecule has 0 atom stereocenters. The molecule has 1 amide bonds. The molecule has 0 aliphatic carbocycles. The summed E-state index contributed by atoms with van der Waals surface area (Å²) in [7, 11) is 0. The van der Waals surface area contributed by atoms with Gasteiger partial charge in [0, 0.05) is 14.9 Å². The van der Waals surface area contributed by atoms with E-state index in [-0.39, 0.29) is 11.7 Å². The first-order valence-electron chi connectivity index (χ1n) is 6.15. The van der Waals surface area contributed by atoms with Crippen LogP contribution in [-0.4, -0.2) is 10.9 Å². The minimum absolute atomic E-state index is 0.214. The summed E-state index contributed by atoms with van der Waals surface area (Å²) in [4.78, 5) is 16.5. The molecule has 1 heterocycles. The van der Waals surface area contributed by atoms with Gasteiger partial charge in [-0.2, -0.15) is 0 Å². The second-order valence-corrected chi connectivity index (χ2v) is 6.69. The molecule has 1 aromatic heterocycles. The molecule has 0 fully saturated rings. The number of hydrogen-bond donors (Lipinski definition) is 1. The summed E-state index contributed by atoms with van der Waals surface area (Å²) in [5, 5.41) is 5.82. The number of halogens is 2. The Labute approximate surface area is 134 Å². The highest BCUT2D eigenvalue weighted by Gasteiger charge is 2.11. The first-order chi connectivity index (χ1) is 9.47. The van der Waals surface area contributed by atoms with Crippen LogP contribution in [0.4, 0.5) is 4.39 Å². The lowest BCUT2D eigenvalue weighted by Crippen LogP contribution is -2.23. The van der Waals surface area contributed by atoms with Crippen LogP contribution in [0.3, 0.4) is 0 Å². The maximum atomic E-state index is 13.0. The van der Waals surface area contributed by atoms with Gasteiger partial charge in [-0.1, -0.05) is 13.8 Å². The SMILES string of the molecule is CC(C)c1nc(CNC(=O)c2ccc(F)cc2I)cs1. The fourth-order valence-electron chi connectivity index (χ4n) is 1.61. The summed E-state index contributed by atoms with van der Waals surface area (Å²) < 4.78 is 13.6. The topological polar surface area (TPSA) is 42.0 Å². The van der Waals surface area contributed by atoms with Crippen LogP contribution in [0.1, 0.15) is 40.8 Å². The van der Waals surface area contributed by atoms with Gasteiger partial charge in [-0.15, -0.1) is 11.3 Å². The molecule has 0 unspecified atom stereocenters. The van der Waals surface area contributed by atoms with Gasteiger partial charge in [-0.25, -0.2) is 9.37 Å². The van der Waals surface area contributed by atoms with Crippen LogP contribution in [0.2, 0.25) is 0 Å². The summed E-state index contributed by atoms with van der Waals surface area (Å²) in [5.41, 5.74) is 1.33. The number of rotatable bonds is 4. The van der Waals surface area contributed by atoms with Gasteiger partial charge < -0.3 is 5.32 Å². The molecule has 0 radical (unpaired) electrons. The molecule has 2 rings (SSSR count). The van der Waals surface area contributed by atoms with Crippen molar-refractivity contribution in [2.45, 2.75) is 26.3 Å². The van der Waals surface area contributed by atoms with E-state index >= 15 is 0 Å². The molecule has 20 heavy (non-hydrogen) atoms. The Balaban J connectivity index is 2.01. The van der Waals surface area contributed by atoms with Crippen LogP contribution >= 0.6 is 33.9 Å². The van der Waals surface area contributed by atoms with Gasteiger partial charge in [0.15, 0.2) is 0 Å². The zero-order chi connectivity index (χ0) is 14.7. The lowest BCUT2D eigenvalue weighted by Gasteiger charge is -2.05. The van der Waals surface area contributed by atoms with E-state index in [0.717, 1.165) is 10.7 Å². The van der Waals surface area contributed by atoms with Crippen molar-refractivity contribution in [2.24, 2.45) is 0 Å². The van der Waals surface area contributed by atoms with Gasteiger partial charge in [-0.3, -0.25) is 4.79 Å². The summed E-state index contributed by atoms with van der Waals surface area (Å²) in [5.74, 6) is -0.164. The first kappa shape index (κ1) is 15.4. The second kappa shape index (κ2) is 6.62. The number of carbonyl (C=O) groups is 1. The molecule has 0 spiro atoms. The van der Waals surface area contributed by atoms with Gasteiger partial charge in [0.2, 0.25) is 0 Å². The highest BCUT2D eigenvalue weighted by atomic mass is 127. The number of nitrogens with zero attached hydrogens (tertiary/aromatic N) is 1. The lowest BCUT2D eigenvalue weighted by atomic mass is 10.2. The first-order valence-corrected chi connectivity index (χ1v) is 8.10. The van der Waals surface area contributed by atoms with E-state index in [2.05, 4.69) is 24.1 Å². The fourth-order valence-corrected chi connectivity index (χ4v) is 3.17. The highest BCUT2D eigenvalue weighted by molar-refractivity contribution is 14.1. The van der Waals surface area contributed by atoms with Crippen molar-refractivity contribution in [3.8, 4) is 0 Å². The van der Waals surface area contributed by atoms with Crippen molar-refractivity contribution in [1.82, 2.24) is 10.3 Å². The molecule has 3 nitrogen and oxygen atoms in total. The summed E-state index contributed by atoms with van der Waals surface area (Å²) >= 11 is 3.55. The number of aromatic nitrogens is 1. The van der Waals surface area contributed by atoms with Crippen molar-refractivity contribution < 1.29 is 9.18 Å². The largest absolute Gasteiger partial charge is 0.346 e. The Morgan fingerprint density at radius 1 is 1.50 bits per heavy atom. The van der Waals surface area contributed by atoms with Crippen molar-refractivity contribution in [3.63, 3.8) is 0 Å². The molecule has 6 heteroatoms. The zero-order valence-electron chi connectivity index (χ0n) is 11.1. The normalized spacial score (nSPS) is 10.8. The van der Waals surface area contributed by atoms with Gasteiger partial charge in [0.1, 0.15) is 5.82 Å². The zero-order valence-corrected chi connectivity index (χ0v) is 14.1. The van der Waals surface area contributed by atoms with Crippen LogP contribution in [0.25, 0.3) is 0 Å². The molecule has 0 aliphatic rings. The van der Waals surface area contributed by atoms with Crippen LogP contribution < -0.4 is 5.32 Å². The van der Waals surface area contributed by atoms with E-state index in [4.69, 9.17) is 0 Å². The van der Waals surface area contributed by atoms with Gasteiger partial charge in [0.05, 0.1) is 22.8 Å². The molecule has 1 aromatic carbocycles. The number of hydrogen-bond acceptors (Lipinski definition) is 3. The average Bonchev–Trinajstić information content (AvgIpc) is 2.85. The van der Waals surface area contributed by atoms with Crippen molar-refractivity contribution in [2.75, 3.05) is 0 Å². The number of carbonyl (C=O) groups excluding carboxylic acids is 1. The van der Waals surface area contributed by atoms with Crippen LogP contribution in [-0.2, 0) is 6.54 Å². The quantitative estimate of drug-likeness (QED) is 0.785. The number of nitrogens with one attached hydrogen (secondary N) is 1. The summed E-state index contributed by atoms with van der Waals surface area (Å²) in [6.07, 6.45) is 0. The number of amides is 1. The van der Waals surface area contributed by atoms with Gasteiger partial charge >= 0.3 is 0 Å². The van der Waals surface area contributed by atoms with Crippen molar-refractivity contribution in [1.29, 1.82) is 0 Å². The minimum atomic E-state index is -0.341. The maximum absolute atomic E-state index is 13.0. The van der Waals surface area contributed by atoms with Crippen molar-refractivity contribution >= 4 is 39.8 Å². The average molecular weight is 404 g/mol. The standard InChI is InChI=1S/C14H14FIN2OS/c1-8(2)14-18-10(7-20-14)6-17-13(19)11-4-3-9(15)5-12(11)16/h3-5,7-8H,6H2,1-2H3,(H,17,19). The monoisotopic (exact) mass is 404 g/mol. The van der Waals surface area contributed by atoms with Crippen LogP contribution in [0.5, 0.6) is 0 Å². The van der Waals surface area contributed by atoms with E-state index < -0.39 is 0 Å². The van der Waals surface area contributed by atoms with Gasteiger partial charge in [0.25, 0.3) is 5.91 Å². The summed E-state index contributed by atoms with van der Waals surface area (Å²) in [6.45, 7) is 4.56.